The van der Waals surface area contributed by atoms with E-state index in [1.54, 1.807) is 16.2 Å². The van der Waals surface area contributed by atoms with Crippen LogP contribution in [0.5, 0.6) is 0 Å². The SMILES string of the molecule is Cc1ccc2c(C)c(C(=O)N(Cc3sccc3C)C3CCS(=O)(=O)C3)oc2c1. The van der Waals surface area contributed by atoms with Crippen molar-refractivity contribution in [2.24, 2.45) is 0 Å². The lowest BCUT2D eigenvalue weighted by atomic mass is 10.1. The van der Waals surface area contributed by atoms with Crippen LogP contribution in [-0.4, -0.2) is 36.8 Å². The minimum atomic E-state index is -3.11. The van der Waals surface area contributed by atoms with E-state index in [0.717, 1.165) is 27.0 Å². The molecule has 0 radical (unpaired) electrons. The molecule has 1 aliphatic heterocycles. The Bertz CT molecular complexity index is 1160. The number of thiophene rings is 1. The van der Waals surface area contributed by atoms with Crippen LogP contribution in [0.15, 0.2) is 34.1 Å². The van der Waals surface area contributed by atoms with Gasteiger partial charge in [-0.3, -0.25) is 4.79 Å². The second-order valence-corrected chi connectivity index (χ2v) is 10.8. The van der Waals surface area contributed by atoms with Gasteiger partial charge in [0.2, 0.25) is 0 Å². The molecule has 148 valence electrons. The summed E-state index contributed by atoms with van der Waals surface area (Å²) in [5.74, 6) is 0.213. The van der Waals surface area contributed by atoms with E-state index in [2.05, 4.69) is 0 Å². The van der Waals surface area contributed by atoms with Gasteiger partial charge in [-0.05, 0) is 55.8 Å². The maximum Gasteiger partial charge on any atom is 0.290 e. The number of rotatable bonds is 4. The summed E-state index contributed by atoms with van der Waals surface area (Å²) in [6, 6.07) is 7.58. The summed E-state index contributed by atoms with van der Waals surface area (Å²) in [5, 5.41) is 2.91. The first-order chi connectivity index (χ1) is 13.2. The molecule has 1 saturated heterocycles. The van der Waals surface area contributed by atoms with Crippen molar-refractivity contribution in [3.63, 3.8) is 0 Å². The fourth-order valence-corrected chi connectivity index (χ4v) is 6.41. The number of sulfone groups is 1. The van der Waals surface area contributed by atoms with Crippen LogP contribution in [0.4, 0.5) is 0 Å². The molecule has 5 nitrogen and oxygen atoms in total. The van der Waals surface area contributed by atoms with Crippen molar-refractivity contribution in [3.8, 4) is 0 Å². The first kappa shape index (κ1) is 19.2. The number of benzene rings is 1. The summed E-state index contributed by atoms with van der Waals surface area (Å²) < 4.78 is 30.1. The minimum absolute atomic E-state index is 0.0154. The lowest BCUT2D eigenvalue weighted by Gasteiger charge is -2.27. The molecule has 2 aromatic heterocycles. The number of aryl methyl sites for hydroxylation is 3. The summed E-state index contributed by atoms with van der Waals surface area (Å²) in [6.07, 6.45) is 0.469. The van der Waals surface area contributed by atoms with Gasteiger partial charge >= 0.3 is 0 Å². The van der Waals surface area contributed by atoms with Gasteiger partial charge in [-0.15, -0.1) is 11.3 Å². The maximum absolute atomic E-state index is 13.5. The smallest absolute Gasteiger partial charge is 0.290 e. The van der Waals surface area contributed by atoms with Crippen molar-refractivity contribution in [2.75, 3.05) is 11.5 Å². The van der Waals surface area contributed by atoms with Crippen molar-refractivity contribution in [1.29, 1.82) is 0 Å². The van der Waals surface area contributed by atoms with E-state index >= 15 is 0 Å². The molecular formula is C21H23NO4S2. The number of amides is 1. The summed E-state index contributed by atoms with van der Waals surface area (Å²) in [4.78, 5) is 16.3. The third-order valence-electron chi connectivity index (χ3n) is 5.48. The zero-order chi connectivity index (χ0) is 20.1. The van der Waals surface area contributed by atoms with Crippen LogP contribution in [0.3, 0.4) is 0 Å². The number of hydrogen-bond donors (Lipinski definition) is 0. The van der Waals surface area contributed by atoms with Crippen molar-refractivity contribution >= 4 is 38.1 Å². The number of hydrogen-bond acceptors (Lipinski definition) is 5. The average Bonchev–Trinajstić information content (AvgIpc) is 3.30. The molecule has 1 unspecified atom stereocenters. The molecule has 28 heavy (non-hydrogen) atoms. The maximum atomic E-state index is 13.5. The van der Waals surface area contributed by atoms with Gasteiger partial charge in [-0.25, -0.2) is 8.42 Å². The molecule has 3 heterocycles. The van der Waals surface area contributed by atoms with Gasteiger partial charge in [-0.2, -0.15) is 0 Å². The lowest BCUT2D eigenvalue weighted by molar-refractivity contribution is 0.0651. The topological polar surface area (TPSA) is 67.6 Å². The molecule has 0 N–H and O–H groups in total. The monoisotopic (exact) mass is 417 g/mol. The zero-order valence-electron chi connectivity index (χ0n) is 16.2. The van der Waals surface area contributed by atoms with Gasteiger partial charge in [0.1, 0.15) is 5.58 Å². The normalized spacial score (nSPS) is 18.6. The Kier molecular flexibility index (Phi) is 4.83. The highest BCUT2D eigenvalue weighted by molar-refractivity contribution is 7.91. The average molecular weight is 418 g/mol. The van der Waals surface area contributed by atoms with Gasteiger partial charge in [0.05, 0.1) is 18.1 Å². The molecule has 1 aromatic carbocycles. The highest BCUT2D eigenvalue weighted by atomic mass is 32.2. The Morgan fingerprint density at radius 1 is 1.25 bits per heavy atom. The molecule has 1 atom stereocenters. The van der Waals surface area contributed by atoms with E-state index in [0.29, 0.717) is 24.3 Å². The third kappa shape index (κ3) is 3.49. The van der Waals surface area contributed by atoms with E-state index < -0.39 is 9.84 Å². The van der Waals surface area contributed by atoms with E-state index in [1.807, 2.05) is 50.4 Å². The Morgan fingerprint density at radius 3 is 2.68 bits per heavy atom. The Labute approximate surface area is 168 Å². The lowest BCUT2D eigenvalue weighted by Crippen LogP contribution is -2.40. The first-order valence-electron chi connectivity index (χ1n) is 9.29. The molecule has 0 spiro atoms. The highest BCUT2D eigenvalue weighted by Crippen LogP contribution is 2.30. The second-order valence-electron chi connectivity index (χ2n) is 7.57. The molecule has 1 amide bonds. The van der Waals surface area contributed by atoms with Crippen molar-refractivity contribution in [2.45, 2.75) is 39.8 Å². The van der Waals surface area contributed by atoms with Crippen LogP contribution in [-0.2, 0) is 16.4 Å². The van der Waals surface area contributed by atoms with Crippen LogP contribution in [0.1, 0.15) is 38.5 Å². The van der Waals surface area contributed by atoms with Crippen molar-refractivity contribution in [3.05, 3.63) is 57.0 Å². The van der Waals surface area contributed by atoms with Gasteiger partial charge in [0, 0.05) is 21.9 Å². The fourth-order valence-electron chi connectivity index (χ4n) is 3.78. The summed E-state index contributed by atoms with van der Waals surface area (Å²) in [7, 11) is -3.11. The molecule has 1 fully saturated rings. The van der Waals surface area contributed by atoms with Gasteiger partial charge in [0.15, 0.2) is 15.6 Å². The molecule has 0 saturated carbocycles. The van der Waals surface area contributed by atoms with Crippen LogP contribution in [0.2, 0.25) is 0 Å². The standard InChI is InChI=1S/C21H23NO4S2/c1-13-4-5-17-15(3)20(26-18(17)10-13)21(23)22(11-19-14(2)6-8-27-19)16-7-9-28(24,25)12-16/h4-6,8,10,16H,7,9,11-12H2,1-3H3. The van der Waals surface area contributed by atoms with E-state index in [-0.39, 0.29) is 23.5 Å². The van der Waals surface area contributed by atoms with E-state index in [9.17, 15) is 13.2 Å². The van der Waals surface area contributed by atoms with Crippen LogP contribution >= 0.6 is 11.3 Å². The number of furan rings is 1. The molecule has 4 rings (SSSR count). The molecular weight excluding hydrogens is 394 g/mol. The van der Waals surface area contributed by atoms with Crippen molar-refractivity contribution < 1.29 is 17.6 Å². The summed E-state index contributed by atoms with van der Waals surface area (Å²) in [6.45, 7) is 6.27. The Morgan fingerprint density at radius 2 is 2.04 bits per heavy atom. The number of nitrogens with zero attached hydrogens (tertiary/aromatic N) is 1. The first-order valence-corrected chi connectivity index (χ1v) is 12.0. The number of carbonyl (C=O) groups is 1. The predicted octanol–water partition coefficient (Wildman–Crippen LogP) is 4.25. The third-order valence-corrected chi connectivity index (χ3v) is 8.24. The van der Waals surface area contributed by atoms with Gasteiger partial charge in [0.25, 0.3) is 5.91 Å². The van der Waals surface area contributed by atoms with E-state index in [1.165, 1.54) is 0 Å². The summed E-state index contributed by atoms with van der Waals surface area (Å²) >= 11 is 1.59. The van der Waals surface area contributed by atoms with Gasteiger partial charge in [-0.1, -0.05) is 12.1 Å². The molecule has 0 aliphatic carbocycles. The van der Waals surface area contributed by atoms with Crippen LogP contribution < -0.4 is 0 Å². The quantitative estimate of drug-likeness (QED) is 0.636. The van der Waals surface area contributed by atoms with Crippen molar-refractivity contribution in [1.82, 2.24) is 4.90 Å². The minimum Gasteiger partial charge on any atom is -0.451 e. The predicted molar refractivity (Wildman–Crippen MR) is 112 cm³/mol. The number of carbonyl (C=O) groups excluding carboxylic acids is 1. The van der Waals surface area contributed by atoms with Crippen LogP contribution in [0.25, 0.3) is 11.0 Å². The fraction of sp³-hybridized carbons (Fsp3) is 0.381. The highest BCUT2D eigenvalue weighted by Gasteiger charge is 2.37. The van der Waals surface area contributed by atoms with E-state index in [4.69, 9.17) is 4.42 Å². The van der Waals surface area contributed by atoms with Crippen LogP contribution in [0, 0.1) is 20.8 Å². The second kappa shape index (κ2) is 7.04. The molecule has 1 aliphatic rings. The largest absolute Gasteiger partial charge is 0.451 e. The molecule has 3 aromatic rings. The Hall–Kier alpha value is -2.12. The number of fused-ring (bicyclic) bond motifs is 1. The Balaban J connectivity index is 1.74. The van der Waals surface area contributed by atoms with Gasteiger partial charge < -0.3 is 9.32 Å². The molecule has 7 heteroatoms. The summed E-state index contributed by atoms with van der Waals surface area (Å²) in [5.41, 5.74) is 3.66. The molecule has 0 bridgehead atoms. The zero-order valence-corrected chi connectivity index (χ0v) is 17.8.